The van der Waals surface area contributed by atoms with E-state index in [0.717, 1.165) is 42.4 Å². The van der Waals surface area contributed by atoms with Crippen molar-refractivity contribution in [2.75, 3.05) is 5.32 Å². The molecule has 1 aromatic heterocycles. The van der Waals surface area contributed by atoms with Crippen LogP contribution in [0.2, 0.25) is 0 Å². The summed E-state index contributed by atoms with van der Waals surface area (Å²) in [5, 5.41) is 12.5. The number of carboxylic acid groups (broad SMARTS) is 1. The van der Waals surface area contributed by atoms with E-state index in [1.807, 2.05) is 17.9 Å². The van der Waals surface area contributed by atoms with Crippen molar-refractivity contribution in [3.63, 3.8) is 0 Å². The smallest absolute Gasteiger partial charge is 0.306 e. The first-order chi connectivity index (χ1) is 9.63. The second kappa shape index (κ2) is 5.15. The maximum atomic E-state index is 10.9. The maximum Gasteiger partial charge on any atom is 0.306 e. The summed E-state index contributed by atoms with van der Waals surface area (Å²) in [5.41, 5.74) is 3.16. The molecule has 5 nitrogen and oxygen atoms in total. The Morgan fingerprint density at radius 2 is 2.10 bits per heavy atom. The highest BCUT2D eigenvalue weighted by molar-refractivity contribution is 5.79. The molecule has 0 radical (unpaired) electrons. The molecule has 0 bridgehead atoms. The highest BCUT2D eigenvalue weighted by Crippen LogP contribution is 2.27. The third-order valence-electron chi connectivity index (χ3n) is 4.17. The highest BCUT2D eigenvalue weighted by atomic mass is 16.4. The normalized spacial score (nSPS) is 22.9. The van der Waals surface area contributed by atoms with Gasteiger partial charge in [0.1, 0.15) is 0 Å². The Morgan fingerprint density at radius 3 is 2.80 bits per heavy atom. The monoisotopic (exact) mass is 273 g/mol. The fourth-order valence-corrected chi connectivity index (χ4v) is 2.95. The van der Waals surface area contributed by atoms with Gasteiger partial charge in [-0.1, -0.05) is 0 Å². The summed E-state index contributed by atoms with van der Waals surface area (Å²) in [7, 11) is 1.98. The molecule has 0 aliphatic heterocycles. The van der Waals surface area contributed by atoms with Gasteiger partial charge in [-0.25, -0.2) is 4.98 Å². The lowest BCUT2D eigenvalue weighted by Crippen LogP contribution is -2.29. The summed E-state index contributed by atoms with van der Waals surface area (Å²) in [4.78, 5) is 15.3. The van der Waals surface area contributed by atoms with E-state index in [-0.39, 0.29) is 5.92 Å². The number of hydrogen-bond acceptors (Lipinski definition) is 3. The zero-order valence-electron chi connectivity index (χ0n) is 11.5. The number of aromatic nitrogens is 2. The first-order valence-corrected chi connectivity index (χ1v) is 7.04. The molecule has 1 heterocycles. The minimum atomic E-state index is -0.654. The summed E-state index contributed by atoms with van der Waals surface area (Å²) in [5.74, 6) is -0.815. The Hall–Kier alpha value is -2.04. The number of carbonyl (C=O) groups is 1. The first-order valence-electron chi connectivity index (χ1n) is 7.04. The summed E-state index contributed by atoms with van der Waals surface area (Å²) < 4.78 is 2.00. The van der Waals surface area contributed by atoms with Crippen LogP contribution in [-0.2, 0) is 11.8 Å². The molecule has 0 saturated heterocycles. The lowest BCUT2D eigenvalue weighted by molar-refractivity contribution is -0.142. The SMILES string of the molecule is Cn1cnc2cc(NC3CCC(C(=O)O)CC3)ccc21. The molecule has 1 saturated carbocycles. The van der Waals surface area contributed by atoms with Gasteiger partial charge in [0.05, 0.1) is 23.3 Å². The number of nitrogens with one attached hydrogen (secondary N) is 1. The van der Waals surface area contributed by atoms with Crippen molar-refractivity contribution >= 4 is 22.7 Å². The number of rotatable bonds is 3. The zero-order chi connectivity index (χ0) is 14.1. The van der Waals surface area contributed by atoms with Crippen molar-refractivity contribution in [1.82, 2.24) is 9.55 Å². The predicted molar refractivity (Wildman–Crippen MR) is 77.7 cm³/mol. The van der Waals surface area contributed by atoms with Gasteiger partial charge in [-0.2, -0.15) is 0 Å². The molecule has 20 heavy (non-hydrogen) atoms. The number of hydrogen-bond donors (Lipinski definition) is 2. The molecule has 1 fully saturated rings. The van der Waals surface area contributed by atoms with Crippen molar-refractivity contribution in [1.29, 1.82) is 0 Å². The Balaban J connectivity index is 1.66. The Morgan fingerprint density at radius 1 is 1.35 bits per heavy atom. The number of imidazole rings is 1. The van der Waals surface area contributed by atoms with Gasteiger partial charge in [0.2, 0.25) is 0 Å². The molecule has 1 aromatic carbocycles. The Labute approximate surface area is 117 Å². The van der Waals surface area contributed by atoms with Gasteiger partial charge in [-0.3, -0.25) is 4.79 Å². The quantitative estimate of drug-likeness (QED) is 0.902. The number of aliphatic carboxylic acids is 1. The second-order valence-electron chi connectivity index (χ2n) is 5.59. The summed E-state index contributed by atoms with van der Waals surface area (Å²) >= 11 is 0. The average molecular weight is 273 g/mol. The Kier molecular flexibility index (Phi) is 3.34. The number of benzene rings is 1. The lowest BCUT2D eigenvalue weighted by Gasteiger charge is -2.27. The number of nitrogens with zero attached hydrogens (tertiary/aromatic N) is 2. The predicted octanol–water partition coefficient (Wildman–Crippen LogP) is 2.63. The first kappa shape index (κ1) is 13.0. The van der Waals surface area contributed by atoms with Gasteiger partial charge >= 0.3 is 5.97 Å². The fourth-order valence-electron chi connectivity index (χ4n) is 2.95. The Bertz CT molecular complexity index is 627. The molecule has 0 amide bonds. The largest absolute Gasteiger partial charge is 0.481 e. The minimum absolute atomic E-state index is 0.161. The summed E-state index contributed by atoms with van der Waals surface area (Å²) in [6.07, 6.45) is 5.17. The fraction of sp³-hybridized carbons (Fsp3) is 0.467. The maximum absolute atomic E-state index is 10.9. The third kappa shape index (κ3) is 2.48. The van der Waals surface area contributed by atoms with Gasteiger partial charge < -0.3 is 15.0 Å². The van der Waals surface area contributed by atoms with Crippen LogP contribution >= 0.6 is 0 Å². The molecule has 0 atom stereocenters. The van der Waals surface area contributed by atoms with Gasteiger partial charge in [-0.15, -0.1) is 0 Å². The lowest BCUT2D eigenvalue weighted by atomic mass is 9.86. The number of fused-ring (bicyclic) bond motifs is 1. The van der Waals surface area contributed by atoms with E-state index >= 15 is 0 Å². The van der Waals surface area contributed by atoms with Crippen LogP contribution in [0.15, 0.2) is 24.5 Å². The van der Waals surface area contributed by atoms with Crippen LogP contribution in [0.25, 0.3) is 11.0 Å². The second-order valence-corrected chi connectivity index (χ2v) is 5.59. The topological polar surface area (TPSA) is 67.2 Å². The van der Waals surface area contributed by atoms with Crippen LogP contribution in [0.3, 0.4) is 0 Å². The van der Waals surface area contributed by atoms with Gasteiger partial charge in [0, 0.05) is 18.8 Å². The van der Waals surface area contributed by atoms with E-state index in [1.165, 1.54) is 0 Å². The molecular formula is C15H19N3O2. The molecule has 2 aromatic rings. The van der Waals surface area contributed by atoms with E-state index in [1.54, 1.807) is 0 Å². The standard InChI is InChI=1S/C15H19N3O2/c1-18-9-16-13-8-12(6-7-14(13)18)17-11-4-2-10(3-5-11)15(19)20/h6-11,17H,2-5H2,1H3,(H,19,20). The van der Waals surface area contributed by atoms with E-state index < -0.39 is 5.97 Å². The van der Waals surface area contributed by atoms with E-state index in [9.17, 15) is 4.79 Å². The van der Waals surface area contributed by atoms with Gasteiger partial charge in [0.15, 0.2) is 0 Å². The molecule has 2 N–H and O–H groups in total. The number of anilines is 1. The van der Waals surface area contributed by atoms with Crippen LogP contribution in [0.5, 0.6) is 0 Å². The van der Waals surface area contributed by atoms with Gasteiger partial charge in [-0.05, 0) is 43.9 Å². The van der Waals surface area contributed by atoms with Crippen molar-refractivity contribution in [3.8, 4) is 0 Å². The zero-order valence-corrected chi connectivity index (χ0v) is 11.5. The van der Waals surface area contributed by atoms with Gasteiger partial charge in [0.25, 0.3) is 0 Å². The van der Waals surface area contributed by atoms with Crippen molar-refractivity contribution in [3.05, 3.63) is 24.5 Å². The van der Waals surface area contributed by atoms with Crippen LogP contribution < -0.4 is 5.32 Å². The minimum Gasteiger partial charge on any atom is -0.481 e. The van der Waals surface area contributed by atoms with Crippen molar-refractivity contribution in [2.24, 2.45) is 13.0 Å². The third-order valence-corrected chi connectivity index (χ3v) is 4.17. The molecule has 5 heteroatoms. The highest BCUT2D eigenvalue weighted by Gasteiger charge is 2.25. The van der Waals surface area contributed by atoms with Crippen molar-refractivity contribution in [2.45, 2.75) is 31.7 Å². The summed E-state index contributed by atoms with van der Waals surface area (Å²) in [6, 6.07) is 6.55. The molecule has 0 unspecified atom stereocenters. The number of aryl methyl sites for hydroxylation is 1. The van der Waals surface area contributed by atoms with Crippen LogP contribution in [0.1, 0.15) is 25.7 Å². The number of carboxylic acids is 1. The molecule has 106 valence electrons. The average Bonchev–Trinajstić information content (AvgIpc) is 2.81. The van der Waals surface area contributed by atoms with E-state index in [4.69, 9.17) is 5.11 Å². The van der Waals surface area contributed by atoms with Crippen LogP contribution in [-0.4, -0.2) is 26.7 Å². The van der Waals surface area contributed by atoms with Crippen LogP contribution in [0.4, 0.5) is 5.69 Å². The van der Waals surface area contributed by atoms with E-state index in [2.05, 4.69) is 28.5 Å². The summed E-state index contributed by atoms with van der Waals surface area (Å²) in [6.45, 7) is 0. The van der Waals surface area contributed by atoms with Crippen LogP contribution in [0, 0.1) is 5.92 Å². The van der Waals surface area contributed by atoms with Crippen molar-refractivity contribution < 1.29 is 9.90 Å². The molecular weight excluding hydrogens is 254 g/mol. The molecule has 3 rings (SSSR count). The molecule has 1 aliphatic carbocycles. The molecule has 1 aliphatic rings. The van der Waals surface area contributed by atoms with E-state index in [0.29, 0.717) is 6.04 Å². The molecule has 0 spiro atoms.